The lowest BCUT2D eigenvalue weighted by molar-refractivity contribution is -0.122. The zero-order valence-corrected chi connectivity index (χ0v) is 11.0. The standard InChI is InChI=1S/C11H14BrNOS/c1-7-10(2-3-13-7)11(14)5-9-4-8(12)6-15-9/h4,6-7,10,13H,2-3,5H2,1H3. The van der Waals surface area contributed by atoms with Crippen molar-refractivity contribution in [3.8, 4) is 0 Å². The molecule has 0 aromatic carbocycles. The van der Waals surface area contributed by atoms with Gasteiger partial charge in [0.05, 0.1) is 0 Å². The van der Waals surface area contributed by atoms with E-state index in [4.69, 9.17) is 0 Å². The molecule has 0 aliphatic carbocycles. The lowest BCUT2D eigenvalue weighted by Crippen LogP contribution is -2.28. The molecular formula is C11H14BrNOS. The number of hydrogen-bond donors (Lipinski definition) is 1. The minimum atomic E-state index is 0.214. The van der Waals surface area contributed by atoms with Gasteiger partial charge in [0.15, 0.2) is 0 Å². The monoisotopic (exact) mass is 287 g/mol. The van der Waals surface area contributed by atoms with Gasteiger partial charge in [-0.1, -0.05) is 0 Å². The number of Topliss-reactive ketones (excluding diaryl/α,β-unsaturated/α-hetero) is 1. The van der Waals surface area contributed by atoms with Crippen LogP contribution in [0.1, 0.15) is 18.2 Å². The SMILES string of the molecule is CC1NCCC1C(=O)Cc1cc(Br)cs1. The topological polar surface area (TPSA) is 29.1 Å². The predicted octanol–water partition coefficient (Wildman–Crippen LogP) is 2.62. The average Bonchev–Trinajstić information content (AvgIpc) is 2.75. The van der Waals surface area contributed by atoms with E-state index < -0.39 is 0 Å². The van der Waals surface area contributed by atoms with Gasteiger partial charge in [0.2, 0.25) is 0 Å². The number of halogens is 1. The maximum absolute atomic E-state index is 12.0. The van der Waals surface area contributed by atoms with E-state index in [-0.39, 0.29) is 5.92 Å². The molecule has 1 N–H and O–H groups in total. The zero-order valence-electron chi connectivity index (χ0n) is 8.63. The van der Waals surface area contributed by atoms with Crippen molar-refractivity contribution in [3.05, 3.63) is 20.8 Å². The molecule has 1 aromatic rings. The largest absolute Gasteiger partial charge is 0.314 e. The van der Waals surface area contributed by atoms with Crippen LogP contribution in [0.3, 0.4) is 0 Å². The van der Waals surface area contributed by atoms with Crippen LogP contribution in [0, 0.1) is 5.92 Å². The van der Waals surface area contributed by atoms with Crippen molar-refractivity contribution in [3.63, 3.8) is 0 Å². The highest BCUT2D eigenvalue weighted by Crippen LogP contribution is 2.23. The van der Waals surface area contributed by atoms with Gasteiger partial charge in [-0.2, -0.15) is 0 Å². The van der Waals surface area contributed by atoms with E-state index in [9.17, 15) is 4.79 Å². The van der Waals surface area contributed by atoms with Crippen LogP contribution in [-0.4, -0.2) is 18.4 Å². The third-order valence-electron chi connectivity index (χ3n) is 2.91. The molecule has 2 nitrogen and oxygen atoms in total. The molecule has 2 heterocycles. The second-order valence-corrected chi connectivity index (χ2v) is 5.92. The second-order valence-electron chi connectivity index (χ2n) is 4.01. The van der Waals surface area contributed by atoms with Gasteiger partial charge < -0.3 is 5.32 Å². The molecule has 4 heteroatoms. The summed E-state index contributed by atoms with van der Waals surface area (Å²) in [5.74, 6) is 0.590. The summed E-state index contributed by atoms with van der Waals surface area (Å²) in [4.78, 5) is 13.1. The Morgan fingerprint density at radius 3 is 3.07 bits per heavy atom. The van der Waals surface area contributed by atoms with E-state index in [1.54, 1.807) is 11.3 Å². The lowest BCUT2D eigenvalue weighted by atomic mass is 9.94. The Balaban J connectivity index is 1.97. The molecule has 0 saturated carbocycles. The summed E-state index contributed by atoms with van der Waals surface area (Å²) in [6, 6.07) is 2.39. The summed E-state index contributed by atoms with van der Waals surface area (Å²) < 4.78 is 1.08. The summed E-state index contributed by atoms with van der Waals surface area (Å²) in [6.07, 6.45) is 1.58. The van der Waals surface area contributed by atoms with Gasteiger partial charge in [0, 0.05) is 33.1 Å². The lowest BCUT2D eigenvalue weighted by Gasteiger charge is -2.12. The highest BCUT2D eigenvalue weighted by molar-refractivity contribution is 9.10. The van der Waals surface area contributed by atoms with Crippen LogP contribution in [0.15, 0.2) is 15.9 Å². The Kier molecular flexibility index (Phi) is 3.59. The molecule has 15 heavy (non-hydrogen) atoms. The van der Waals surface area contributed by atoms with Crippen molar-refractivity contribution < 1.29 is 4.79 Å². The number of nitrogens with one attached hydrogen (secondary N) is 1. The van der Waals surface area contributed by atoms with Gasteiger partial charge in [0.1, 0.15) is 5.78 Å². The third kappa shape index (κ3) is 2.68. The minimum absolute atomic E-state index is 0.214. The van der Waals surface area contributed by atoms with Gasteiger partial charge in [-0.15, -0.1) is 11.3 Å². The highest BCUT2D eigenvalue weighted by atomic mass is 79.9. The van der Waals surface area contributed by atoms with Gasteiger partial charge in [-0.05, 0) is 41.9 Å². The molecule has 82 valence electrons. The first-order valence-corrected chi connectivity index (χ1v) is 6.83. The summed E-state index contributed by atoms with van der Waals surface area (Å²) in [5.41, 5.74) is 0. The van der Waals surface area contributed by atoms with Crippen molar-refractivity contribution in [2.75, 3.05) is 6.54 Å². The van der Waals surface area contributed by atoms with Gasteiger partial charge in [-0.25, -0.2) is 0 Å². The van der Waals surface area contributed by atoms with E-state index in [1.165, 1.54) is 0 Å². The van der Waals surface area contributed by atoms with Gasteiger partial charge in [0.25, 0.3) is 0 Å². The summed E-state index contributed by atoms with van der Waals surface area (Å²) in [7, 11) is 0. The van der Waals surface area contributed by atoms with Crippen LogP contribution in [-0.2, 0) is 11.2 Å². The summed E-state index contributed by atoms with van der Waals surface area (Å²) in [6.45, 7) is 3.08. The molecule has 1 aromatic heterocycles. The van der Waals surface area contributed by atoms with E-state index in [1.807, 2.05) is 11.4 Å². The first kappa shape index (κ1) is 11.3. The van der Waals surface area contributed by atoms with Gasteiger partial charge in [-0.3, -0.25) is 4.79 Å². The molecular weight excluding hydrogens is 274 g/mol. The zero-order chi connectivity index (χ0) is 10.8. The Morgan fingerprint density at radius 1 is 1.73 bits per heavy atom. The smallest absolute Gasteiger partial charge is 0.142 e. The third-order valence-corrected chi connectivity index (χ3v) is 4.61. The van der Waals surface area contributed by atoms with Crippen molar-refractivity contribution in [1.82, 2.24) is 5.32 Å². The van der Waals surface area contributed by atoms with Crippen LogP contribution in [0.25, 0.3) is 0 Å². The van der Waals surface area contributed by atoms with E-state index in [0.29, 0.717) is 18.2 Å². The molecule has 0 radical (unpaired) electrons. The number of rotatable bonds is 3. The molecule has 0 amide bonds. The molecule has 1 saturated heterocycles. The molecule has 1 aliphatic rings. The van der Waals surface area contributed by atoms with Crippen LogP contribution in [0.4, 0.5) is 0 Å². The van der Waals surface area contributed by atoms with Crippen LogP contribution in [0.5, 0.6) is 0 Å². The van der Waals surface area contributed by atoms with Crippen LogP contribution in [0.2, 0.25) is 0 Å². The van der Waals surface area contributed by atoms with Crippen molar-refractivity contribution in [1.29, 1.82) is 0 Å². The molecule has 2 atom stereocenters. The molecule has 1 fully saturated rings. The fraction of sp³-hybridized carbons (Fsp3) is 0.545. The number of hydrogen-bond acceptors (Lipinski definition) is 3. The predicted molar refractivity (Wildman–Crippen MR) is 66.3 cm³/mol. The van der Waals surface area contributed by atoms with Crippen molar-refractivity contribution in [2.45, 2.75) is 25.8 Å². The Morgan fingerprint density at radius 2 is 2.53 bits per heavy atom. The second kappa shape index (κ2) is 4.76. The first-order valence-electron chi connectivity index (χ1n) is 5.16. The van der Waals surface area contributed by atoms with Crippen molar-refractivity contribution in [2.24, 2.45) is 5.92 Å². The minimum Gasteiger partial charge on any atom is -0.314 e. The quantitative estimate of drug-likeness (QED) is 0.926. The van der Waals surface area contributed by atoms with Crippen LogP contribution >= 0.6 is 27.3 Å². The number of ketones is 1. The molecule has 0 bridgehead atoms. The molecule has 0 spiro atoms. The maximum Gasteiger partial charge on any atom is 0.142 e. The first-order chi connectivity index (χ1) is 7.16. The summed E-state index contributed by atoms with van der Waals surface area (Å²) in [5, 5.41) is 5.34. The maximum atomic E-state index is 12.0. The Labute approximate surface area is 102 Å². The molecule has 1 aliphatic heterocycles. The van der Waals surface area contributed by atoms with Crippen LogP contribution < -0.4 is 5.32 Å². The molecule has 2 rings (SSSR count). The normalized spacial score (nSPS) is 25.7. The highest BCUT2D eigenvalue weighted by Gasteiger charge is 2.29. The fourth-order valence-corrected chi connectivity index (χ4v) is 3.51. The van der Waals surface area contributed by atoms with Crippen molar-refractivity contribution >= 4 is 33.0 Å². The fourth-order valence-electron chi connectivity index (χ4n) is 2.05. The van der Waals surface area contributed by atoms with E-state index in [2.05, 4.69) is 28.2 Å². The molecule has 2 unspecified atom stereocenters. The Bertz CT molecular complexity index is 363. The number of carbonyl (C=O) groups is 1. The average molecular weight is 288 g/mol. The Hall–Kier alpha value is -0.190. The number of thiophene rings is 1. The number of carbonyl (C=O) groups excluding carboxylic acids is 1. The van der Waals surface area contributed by atoms with E-state index >= 15 is 0 Å². The van der Waals surface area contributed by atoms with E-state index in [0.717, 1.165) is 22.3 Å². The summed E-state index contributed by atoms with van der Waals surface area (Å²) >= 11 is 5.05. The van der Waals surface area contributed by atoms with Gasteiger partial charge >= 0.3 is 0 Å².